The molecular weight excluding hydrogens is 220 g/mol. The maximum Gasteiger partial charge on any atom is 0.407 e. The summed E-state index contributed by atoms with van der Waals surface area (Å²) in [5.74, 6) is 0. The Balaban J connectivity index is 2.53. The van der Waals surface area contributed by atoms with Gasteiger partial charge in [-0.3, -0.25) is 4.79 Å². The van der Waals surface area contributed by atoms with Crippen molar-refractivity contribution in [2.75, 3.05) is 0 Å². The molecule has 0 aliphatic carbocycles. The third-order valence-corrected chi connectivity index (χ3v) is 2.02. The van der Waals surface area contributed by atoms with Crippen LogP contribution in [0.15, 0.2) is 23.1 Å². The normalized spacial score (nSPS) is 11.1. The second-order valence-electron chi connectivity index (χ2n) is 4.94. The fourth-order valence-electron chi connectivity index (χ4n) is 1.17. The van der Waals surface area contributed by atoms with Crippen LogP contribution in [0, 0.1) is 0 Å². The van der Waals surface area contributed by atoms with Gasteiger partial charge in [-0.15, -0.1) is 0 Å². The van der Waals surface area contributed by atoms with E-state index in [1.54, 1.807) is 19.3 Å². The van der Waals surface area contributed by atoms with Crippen LogP contribution < -0.4 is 10.9 Å². The lowest BCUT2D eigenvalue weighted by Gasteiger charge is -2.19. The molecule has 94 valence electrons. The number of hydrogen-bond acceptors (Lipinski definition) is 3. The average Bonchev–Trinajstić information content (AvgIpc) is 2.17. The minimum absolute atomic E-state index is 0.0952. The van der Waals surface area contributed by atoms with E-state index in [1.165, 1.54) is 10.6 Å². The SMILES string of the molecule is Cn1ccc(COC(=O)NC(C)(C)C)cc1=O. The number of carbonyl (C=O) groups excluding carboxylic acids is 1. The third-order valence-electron chi connectivity index (χ3n) is 2.02. The Hall–Kier alpha value is -1.78. The molecule has 0 spiro atoms. The van der Waals surface area contributed by atoms with E-state index < -0.39 is 6.09 Å². The Labute approximate surface area is 100 Å². The van der Waals surface area contributed by atoms with E-state index in [9.17, 15) is 9.59 Å². The molecule has 0 atom stereocenters. The molecule has 1 aromatic heterocycles. The van der Waals surface area contributed by atoms with Crippen LogP contribution in [-0.4, -0.2) is 16.2 Å². The van der Waals surface area contributed by atoms with Crippen molar-refractivity contribution >= 4 is 6.09 Å². The number of ether oxygens (including phenoxy) is 1. The van der Waals surface area contributed by atoms with Gasteiger partial charge in [0.25, 0.3) is 5.56 Å². The first-order chi connectivity index (χ1) is 7.78. The maximum absolute atomic E-state index is 11.4. The van der Waals surface area contributed by atoms with E-state index in [4.69, 9.17) is 4.74 Å². The summed E-state index contributed by atoms with van der Waals surface area (Å²) in [6.07, 6.45) is 1.15. The first-order valence-electron chi connectivity index (χ1n) is 5.38. The van der Waals surface area contributed by atoms with Crippen LogP contribution in [0.25, 0.3) is 0 Å². The summed E-state index contributed by atoms with van der Waals surface area (Å²) in [4.78, 5) is 22.7. The van der Waals surface area contributed by atoms with Crippen molar-refractivity contribution in [2.24, 2.45) is 7.05 Å². The first-order valence-corrected chi connectivity index (χ1v) is 5.38. The highest BCUT2D eigenvalue weighted by molar-refractivity contribution is 5.68. The van der Waals surface area contributed by atoms with Crippen molar-refractivity contribution in [1.82, 2.24) is 9.88 Å². The summed E-state index contributed by atoms with van der Waals surface area (Å²) < 4.78 is 6.46. The highest BCUT2D eigenvalue weighted by Crippen LogP contribution is 2.01. The molecule has 1 rings (SSSR count). The first kappa shape index (κ1) is 13.3. The van der Waals surface area contributed by atoms with Crippen molar-refractivity contribution < 1.29 is 9.53 Å². The fraction of sp³-hybridized carbons (Fsp3) is 0.500. The lowest BCUT2D eigenvalue weighted by atomic mass is 10.1. The molecule has 5 nitrogen and oxygen atoms in total. The molecule has 1 aromatic rings. The summed E-state index contributed by atoms with van der Waals surface area (Å²) >= 11 is 0. The number of hydrogen-bond donors (Lipinski definition) is 1. The van der Waals surface area contributed by atoms with E-state index >= 15 is 0 Å². The van der Waals surface area contributed by atoms with Gasteiger partial charge in [0.05, 0.1) is 0 Å². The van der Waals surface area contributed by atoms with Gasteiger partial charge in [0.15, 0.2) is 0 Å². The molecule has 1 heterocycles. The molecule has 0 fully saturated rings. The van der Waals surface area contributed by atoms with Gasteiger partial charge >= 0.3 is 6.09 Å². The fourth-order valence-corrected chi connectivity index (χ4v) is 1.17. The van der Waals surface area contributed by atoms with Gasteiger partial charge in [-0.05, 0) is 32.4 Å². The number of nitrogens with zero attached hydrogens (tertiary/aromatic N) is 1. The van der Waals surface area contributed by atoms with Crippen LogP contribution in [0.5, 0.6) is 0 Å². The molecule has 0 saturated carbocycles. The number of aryl methyl sites for hydroxylation is 1. The number of aromatic nitrogens is 1. The molecule has 0 saturated heterocycles. The number of amides is 1. The lowest BCUT2D eigenvalue weighted by Crippen LogP contribution is -2.40. The van der Waals surface area contributed by atoms with Crippen molar-refractivity contribution in [1.29, 1.82) is 0 Å². The second-order valence-corrected chi connectivity index (χ2v) is 4.94. The van der Waals surface area contributed by atoms with E-state index in [0.717, 1.165) is 0 Å². The topological polar surface area (TPSA) is 60.3 Å². The minimum atomic E-state index is -0.488. The van der Waals surface area contributed by atoms with E-state index in [2.05, 4.69) is 5.32 Å². The summed E-state index contributed by atoms with van der Waals surface area (Å²) in [7, 11) is 1.67. The Bertz CT molecular complexity index is 458. The molecule has 17 heavy (non-hydrogen) atoms. The number of nitrogens with one attached hydrogen (secondary N) is 1. The van der Waals surface area contributed by atoms with Gasteiger partial charge in [0, 0.05) is 24.8 Å². The minimum Gasteiger partial charge on any atom is -0.445 e. The zero-order valence-electron chi connectivity index (χ0n) is 10.6. The zero-order chi connectivity index (χ0) is 13.1. The molecule has 0 bridgehead atoms. The average molecular weight is 238 g/mol. The molecule has 0 unspecified atom stereocenters. The Kier molecular flexibility index (Phi) is 3.93. The highest BCUT2D eigenvalue weighted by Gasteiger charge is 2.14. The molecular formula is C12H18N2O3. The Morgan fingerprint density at radius 1 is 1.47 bits per heavy atom. The summed E-state index contributed by atoms with van der Waals surface area (Å²) in [5, 5.41) is 2.67. The van der Waals surface area contributed by atoms with Gasteiger partial charge in [-0.1, -0.05) is 0 Å². The van der Waals surface area contributed by atoms with E-state index in [1.807, 2.05) is 20.8 Å². The van der Waals surface area contributed by atoms with Crippen LogP contribution in [0.1, 0.15) is 26.3 Å². The largest absolute Gasteiger partial charge is 0.445 e. The van der Waals surface area contributed by atoms with Crippen LogP contribution in [0.2, 0.25) is 0 Å². The summed E-state index contributed by atoms with van der Waals surface area (Å²) in [6, 6.07) is 3.19. The molecule has 1 N–H and O–H groups in total. The Morgan fingerprint density at radius 2 is 2.12 bits per heavy atom. The monoisotopic (exact) mass is 238 g/mol. The number of alkyl carbamates (subject to hydrolysis) is 1. The van der Waals surface area contributed by atoms with E-state index in [0.29, 0.717) is 5.56 Å². The van der Waals surface area contributed by atoms with Gasteiger partial charge in [0.1, 0.15) is 6.61 Å². The molecule has 0 aliphatic rings. The van der Waals surface area contributed by atoms with Crippen molar-refractivity contribution in [3.63, 3.8) is 0 Å². The zero-order valence-corrected chi connectivity index (χ0v) is 10.6. The van der Waals surface area contributed by atoms with Crippen molar-refractivity contribution in [2.45, 2.75) is 32.9 Å². The molecule has 0 aromatic carbocycles. The van der Waals surface area contributed by atoms with Gasteiger partial charge in [-0.2, -0.15) is 0 Å². The van der Waals surface area contributed by atoms with Crippen LogP contribution >= 0.6 is 0 Å². The van der Waals surface area contributed by atoms with Crippen molar-refractivity contribution in [3.8, 4) is 0 Å². The molecule has 0 radical (unpaired) electrons. The van der Waals surface area contributed by atoms with Gasteiger partial charge in [0.2, 0.25) is 0 Å². The van der Waals surface area contributed by atoms with Crippen molar-refractivity contribution in [3.05, 3.63) is 34.2 Å². The number of rotatable bonds is 2. The van der Waals surface area contributed by atoms with Crippen LogP contribution in [0.4, 0.5) is 4.79 Å². The predicted molar refractivity (Wildman–Crippen MR) is 64.8 cm³/mol. The van der Waals surface area contributed by atoms with E-state index in [-0.39, 0.29) is 17.7 Å². The predicted octanol–water partition coefficient (Wildman–Crippen LogP) is 1.41. The van der Waals surface area contributed by atoms with Crippen LogP contribution in [0.3, 0.4) is 0 Å². The van der Waals surface area contributed by atoms with Gasteiger partial charge < -0.3 is 14.6 Å². The standard InChI is InChI=1S/C12H18N2O3/c1-12(2,3)13-11(16)17-8-9-5-6-14(4)10(15)7-9/h5-7H,8H2,1-4H3,(H,13,16). The number of pyridine rings is 1. The summed E-state index contributed by atoms with van der Waals surface area (Å²) in [5.41, 5.74) is 0.226. The Morgan fingerprint density at radius 3 is 2.65 bits per heavy atom. The summed E-state index contributed by atoms with van der Waals surface area (Å²) in [6.45, 7) is 5.70. The maximum atomic E-state index is 11.4. The molecule has 5 heteroatoms. The lowest BCUT2D eigenvalue weighted by molar-refractivity contribution is 0.131. The third kappa shape index (κ3) is 4.72. The quantitative estimate of drug-likeness (QED) is 0.847. The smallest absolute Gasteiger partial charge is 0.407 e. The second kappa shape index (κ2) is 5.03. The highest BCUT2D eigenvalue weighted by atomic mass is 16.5. The number of carbonyl (C=O) groups is 1. The van der Waals surface area contributed by atoms with Crippen LogP contribution in [-0.2, 0) is 18.4 Å². The molecule has 0 aliphatic heterocycles. The molecule has 1 amide bonds. The van der Waals surface area contributed by atoms with Gasteiger partial charge in [-0.25, -0.2) is 4.79 Å².